The van der Waals surface area contributed by atoms with Crippen molar-refractivity contribution < 1.29 is 19.1 Å². The van der Waals surface area contributed by atoms with Crippen LogP contribution in [0.5, 0.6) is 0 Å². The molecule has 2 amide bonds. The Kier molecular flexibility index (Phi) is 3.01. The maximum absolute atomic E-state index is 12.4. The van der Waals surface area contributed by atoms with Gasteiger partial charge in [0.15, 0.2) is 6.61 Å². The Morgan fingerprint density at radius 2 is 2.05 bits per heavy atom. The van der Waals surface area contributed by atoms with E-state index in [0.717, 1.165) is 18.9 Å². The lowest BCUT2D eigenvalue weighted by molar-refractivity contribution is -0.189. The van der Waals surface area contributed by atoms with Crippen molar-refractivity contribution in [3.8, 4) is 0 Å². The minimum atomic E-state index is -0.641. The summed E-state index contributed by atoms with van der Waals surface area (Å²) in [5.74, 6) is -0.217. The van der Waals surface area contributed by atoms with Crippen LogP contribution in [-0.2, 0) is 19.1 Å². The number of nitrogens with zero attached hydrogens (tertiary/aromatic N) is 1. The van der Waals surface area contributed by atoms with Crippen molar-refractivity contribution >= 4 is 17.8 Å². The van der Waals surface area contributed by atoms with Gasteiger partial charge in [0.2, 0.25) is 5.91 Å². The van der Waals surface area contributed by atoms with Gasteiger partial charge in [0.25, 0.3) is 5.91 Å². The highest BCUT2D eigenvalue weighted by atomic mass is 16.5. The Labute approximate surface area is 124 Å². The Hall–Kier alpha value is -1.65. The maximum Gasteiger partial charge on any atom is 0.330 e. The van der Waals surface area contributed by atoms with Gasteiger partial charge in [-0.2, -0.15) is 0 Å². The minimum Gasteiger partial charge on any atom is -0.452 e. The molecular formula is C16H21NO4. The summed E-state index contributed by atoms with van der Waals surface area (Å²) in [6.45, 7) is 7.24. The number of likely N-dealkylation sites (tertiary alicyclic amines) is 1. The molecular weight excluding hydrogens is 270 g/mol. The highest BCUT2D eigenvalue weighted by Crippen LogP contribution is 2.68. The van der Waals surface area contributed by atoms with Crippen molar-refractivity contribution in [1.29, 1.82) is 0 Å². The van der Waals surface area contributed by atoms with E-state index in [1.54, 1.807) is 0 Å². The SMILES string of the molecule is C=CC(=O)OCC(=O)N1C(=O)CC12C1CCC(C1)C2(C)C. The monoisotopic (exact) mass is 291 g/mol. The largest absolute Gasteiger partial charge is 0.452 e. The molecule has 5 heteroatoms. The summed E-state index contributed by atoms with van der Waals surface area (Å²) >= 11 is 0. The molecule has 2 aliphatic carbocycles. The predicted molar refractivity (Wildman–Crippen MR) is 75.0 cm³/mol. The average Bonchev–Trinajstić information content (AvgIpc) is 2.97. The van der Waals surface area contributed by atoms with Gasteiger partial charge in [-0.3, -0.25) is 14.5 Å². The second-order valence-electron chi connectivity index (χ2n) is 6.96. The molecule has 1 heterocycles. The van der Waals surface area contributed by atoms with Gasteiger partial charge in [0, 0.05) is 6.08 Å². The third-order valence-electron chi connectivity index (χ3n) is 6.07. The zero-order valence-corrected chi connectivity index (χ0v) is 12.6. The number of esters is 1. The van der Waals surface area contributed by atoms with E-state index in [1.807, 2.05) is 0 Å². The van der Waals surface area contributed by atoms with Gasteiger partial charge in [-0.15, -0.1) is 0 Å². The summed E-state index contributed by atoms with van der Waals surface area (Å²) in [5.41, 5.74) is -0.410. The predicted octanol–water partition coefficient (Wildman–Crippen LogP) is 1.67. The molecule has 0 radical (unpaired) electrons. The standard InChI is InChI=1S/C16H21NO4/c1-4-14(20)21-9-13(19)17-12(18)8-16(17)11-6-5-10(7-11)15(16,2)3/h4,10-11H,1,5-9H2,2-3H3. The number of hydrogen-bond acceptors (Lipinski definition) is 4. The Morgan fingerprint density at radius 1 is 1.38 bits per heavy atom. The van der Waals surface area contributed by atoms with Gasteiger partial charge in [0.1, 0.15) is 0 Å². The third-order valence-corrected chi connectivity index (χ3v) is 6.07. The molecule has 5 nitrogen and oxygen atoms in total. The van der Waals surface area contributed by atoms with Gasteiger partial charge < -0.3 is 4.74 Å². The van der Waals surface area contributed by atoms with Crippen LogP contribution >= 0.6 is 0 Å². The second kappa shape index (κ2) is 4.42. The lowest BCUT2D eigenvalue weighted by atomic mass is 9.57. The van der Waals surface area contributed by atoms with Crippen LogP contribution in [0.4, 0.5) is 0 Å². The molecule has 3 rings (SSSR count). The molecule has 1 saturated heterocycles. The zero-order valence-electron chi connectivity index (χ0n) is 12.6. The molecule has 3 aliphatic rings. The molecule has 0 aromatic carbocycles. The first kappa shape index (κ1) is 14.3. The van der Waals surface area contributed by atoms with Crippen molar-refractivity contribution in [1.82, 2.24) is 4.90 Å². The molecule has 1 spiro atoms. The third kappa shape index (κ3) is 1.66. The van der Waals surface area contributed by atoms with Crippen LogP contribution in [0.25, 0.3) is 0 Å². The van der Waals surface area contributed by atoms with E-state index >= 15 is 0 Å². The van der Waals surface area contributed by atoms with Crippen molar-refractivity contribution in [3.63, 3.8) is 0 Å². The van der Waals surface area contributed by atoms with Crippen molar-refractivity contribution in [2.45, 2.75) is 45.1 Å². The summed E-state index contributed by atoms with van der Waals surface area (Å²) in [6, 6.07) is 0. The van der Waals surface area contributed by atoms with Crippen LogP contribution in [0.1, 0.15) is 39.5 Å². The maximum atomic E-state index is 12.4. The number of fused-ring (bicyclic) bond motifs is 3. The molecule has 0 N–H and O–H groups in total. The normalized spacial score (nSPS) is 35.7. The molecule has 0 aromatic rings. The first-order valence-electron chi connectivity index (χ1n) is 7.49. The average molecular weight is 291 g/mol. The second-order valence-corrected chi connectivity index (χ2v) is 6.96. The van der Waals surface area contributed by atoms with Gasteiger partial charge in [-0.25, -0.2) is 4.79 Å². The highest BCUT2D eigenvalue weighted by molar-refractivity contribution is 6.03. The number of amides is 2. The summed E-state index contributed by atoms with van der Waals surface area (Å²) in [6.07, 6.45) is 4.82. The van der Waals surface area contributed by atoms with Crippen molar-refractivity contribution in [2.24, 2.45) is 17.3 Å². The summed E-state index contributed by atoms with van der Waals surface area (Å²) in [5, 5.41) is 0. The number of hydrogen-bond donors (Lipinski definition) is 0. The molecule has 114 valence electrons. The van der Waals surface area contributed by atoms with Gasteiger partial charge in [0.05, 0.1) is 12.0 Å². The van der Waals surface area contributed by atoms with Crippen LogP contribution in [0, 0.1) is 17.3 Å². The molecule has 2 saturated carbocycles. The highest BCUT2D eigenvalue weighted by Gasteiger charge is 2.72. The van der Waals surface area contributed by atoms with Gasteiger partial charge in [-0.05, 0) is 36.5 Å². The van der Waals surface area contributed by atoms with Crippen LogP contribution in [0.3, 0.4) is 0 Å². The molecule has 0 aromatic heterocycles. The molecule has 3 fully saturated rings. The van der Waals surface area contributed by atoms with E-state index < -0.39 is 11.9 Å². The van der Waals surface area contributed by atoms with E-state index in [9.17, 15) is 14.4 Å². The van der Waals surface area contributed by atoms with E-state index in [-0.39, 0.29) is 23.5 Å². The van der Waals surface area contributed by atoms with Crippen molar-refractivity contribution in [2.75, 3.05) is 6.61 Å². The first-order chi connectivity index (χ1) is 9.84. The quantitative estimate of drug-likeness (QED) is 0.451. The van der Waals surface area contributed by atoms with Crippen LogP contribution in [-0.4, -0.2) is 34.8 Å². The number of carbonyl (C=O) groups excluding carboxylic acids is 3. The Bertz CT molecular complexity index is 538. The molecule has 2 bridgehead atoms. The number of β-lactam (4-membered cyclic amide) rings is 1. The van der Waals surface area contributed by atoms with E-state index in [2.05, 4.69) is 20.4 Å². The number of rotatable bonds is 3. The van der Waals surface area contributed by atoms with E-state index in [0.29, 0.717) is 18.3 Å². The fourth-order valence-electron chi connectivity index (χ4n) is 4.93. The van der Waals surface area contributed by atoms with Gasteiger partial charge >= 0.3 is 5.97 Å². The number of imide groups is 1. The molecule has 21 heavy (non-hydrogen) atoms. The number of ether oxygens (including phenoxy) is 1. The van der Waals surface area contributed by atoms with Gasteiger partial charge in [-0.1, -0.05) is 20.4 Å². The summed E-state index contributed by atoms with van der Waals surface area (Å²) in [4.78, 5) is 36.9. The lowest BCUT2D eigenvalue weighted by Gasteiger charge is -2.61. The molecule has 1 aliphatic heterocycles. The molecule has 3 atom stereocenters. The number of carbonyl (C=O) groups is 3. The Balaban J connectivity index is 1.81. The van der Waals surface area contributed by atoms with E-state index in [4.69, 9.17) is 4.74 Å². The summed E-state index contributed by atoms with van der Waals surface area (Å²) in [7, 11) is 0. The molecule has 3 unspecified atom stereocenters. The lowest BCUT2D eigenvalue weighted by Crippen LogP contribution is -2.74. The fourth-order valence-corrected chi connectivity index (χ4v) is 4.93. The zero-order chi connectivity index (χ0) is 15.4. The topological polar surface area (TPSA) is 63.7 Å². The Morgan fingerprint density at radius 3 is 2.57 bits per heavy atom. The van der Waals surface area contributed by atoms with Crippen LogP contribution in [0.15, 0.2) is 12.7 Å². The van der Waals surface area contributed by atoms with Crippen molar-refractivity contribution in [3.05, 3.63) is 12.7 Å². The van der Waals surface area contributed by atoms with Crippen LogP contribution in [0.2, 0.25) is 0 Å². The van der Waals surface area contributed by atoms with E-state index in [1.165, 1.54) is 11.3 Å². The van der Waals surface area contributed by atoms with Crippen LogP contribution < -0.4 is 0 Å². The first-order valence-corrected chi connectivity index (χ1v) is 7.49. The minimum absolute atomic E-state index is 0.0536. The summed E-state index contributed by atoms with van der Waals surface area (Å²) < 4.78 is 4.81. The fraction of sp³-hybridized carbons (Fsp3) is 0.688. The smallest absolute Gasteiger partial charge is 0.330 e.